The lowest BCUT2D eigenvalue weighted by Gasteiger charge is -2.07. The largest absolute Gasteiger partial charge is 0.475 e. The molecule has 1 atom stereocenters. The Morgan fingerprint density at radius 1 is 1.47 bits per heavy atom. The van der Waals surface area contributed by atoms with E-state index >= 15 is 0 Å². The van der Waals surface area contributed by atoms with Crippen molar-refractivity contribution in [3.05, 3.63) is 23.7 Å². The summed E-state index contributed by atoms with van der Waals surface area (Å²) < 4.78 is 10.1. The highest BCUT2D eigenvalue weighted by Crippen LogP contribution is 2.13. The van der Waals surface area contributed by atoms with Gasteiger partial charge in [-0.3, -0.25) is 4.79 Å². The van der Waals surface area contributed by atoms with Gasteiger partial charge in [-0.1, -0.05) is 0 Å². The molecule has 2 N–H and O–H groups in total. The van der Waals surface area contributed by atoms with E-state index in [1.807, 2.05) is 0 Å². The Hall–Kier alpha value is -1.82. The van der Waals surface area contributed by atoms with Crippen LogP contribution in [0.15, 0.2) is 16.5 Å². The average molecular weight is 239 g/mol. The van der Waals surface area contributed by atoms with Crippen LogP contribution in [-0.4, -0.2) is 30.2 Å². The predicted molar refractivity (Wildman–Crippen MR) is 56.4 cm³/mol. The number of carboxylic acid groups (broad SMARTS) is 1. The van der Waals surface area contributed by atoms with Crippen molar-refractivity contribution in [2.45, 2.75) is 13.0 Å². The van der Waals surface area contributed by atoms with Crippen molar-refractivity contribution in [3.63, 3.8) is 0 Å². The molecule has 1 aromatic heterocycles. The SMILES string of the molecule is O=C(O)c1ccc(CNC(=O)[C@@H]2CCOC2)o1. The van der Waals surface area contributed by atoms with E-state index in [0.717, 1.165) is 6.42 Å². The van der Waals surface area contributed by atoms with Crippen molar-refractivity contribution in [1.29, 1.82) is 0 Å². The van der Waals surface area contributed by atoms with E-state index < -0.39 is 5.97 Å². The number of aromatic carboxylic acids is 1. The van der Waals surface area contributed by atoms with Gasteiger partial charge in [0, 0.05) is 6.61 Å². The molecule has 0 spiro atoms. The van der Waals surface area contributed by atoms with Crippen LogP contribution in [-0.2, 0) is 16.1 Å². The molecule has 1 fully saturated rings. The molecule has 1 aromatic rings. The second kappa shape index (κ2) is 5.01. The van der Waals surface area contributed by atoms with E-state index in [4.69, 9.17) is 14.3 Å². The molecule has 2 rings (SSSR count). The van der Waals surface area contributed by atoms with Gasteiger partial charge in [-0.2, -0.15) is 0 Å². The first kappa shape index (κ1) is 11.7. The summed E-state index contributed by atoms with van der Waals surface area (Å²) in [5.41, 5.74) is 0. The summed E-state index contributed by atoms with van der Waals surface area (Å²) in [4.78, 5) is 22.2. The predicted octanol–water partition coefficient (Wildman–Crippen LogP) is 0.631. The zero-order chi connectivity index (χ0) is 12.3. The first-order chi connectivity index (χ1) is 8.16. The van der Waals surface area contributed by atoms with E-state index in [-0.39, 0.29) is 24.1 Å². The van der Waals surface area contributed by atoms with Gasteiger partial charge in [0.15, 0.2) is 0 Å². The Labute approximate surface area is 97.6 Å². The van der Waals surface area contributed by atoms with Gasteiger partial charge in [-0.25, -0.2) is 4.79 Å². The van der Waals surface area contributed by atoms with Gasteiger partial charge >= 0.3 is 5.97 Å². The zero-order valence-electron chi connectivity index (χ0n) is 9.14. The van der Waals surface area contributed by atoms with Crippen LogP contribution in [0.3, 0.4) is 0 Å². The fourth-order valence-electron chi connectivity index (χ4n) is 1.65. The maximum absolute atomic E-state index is 11.6. The Morgan fingerprint density at radius 3 is 2.88 bits per heavy atom. The molecule has 0 unspecified atom stereocenters. The fraction of sp³-hybridized carbons (Fsp3) is 0.455. The number of nitrogens with one attached hydrogen (secondary N) is 1. The van der Waals surface area contributed by atoms with Crippen LogP contribution >= 0.6 is 0 Å². The van der Waals surface area contributed by atoms with E-state index in [0.29, 0.717) is 19.0 Å². The molecule has 6 heteroatoms. The van der Waals surface area contributed by atoms with E-state index in [2.05, 4.69) is 5.32 Å². The minimum absolute atomic E-state index is 0.0872. The van der Waals surface area contributed by atoms with Crippen LogP contribution in [0.1, 0.15) is 22.7 Å². The lowest BCUT2D eigenvalue weighted by molar-refractivity contribution is -0.125. The third-order valence-electron chi connectivity index (χ3n) is 2.61. The fourth-order valence-corrected chi connectivity index (χ4v) is 1.65. The van der Waals surface area contributed by atoms with Crippen LogP contribution in [0.4, 0.5) is 0 Å². The summed E-state index contributed by atoms with van der Waals surface area (Å²) in [7, 11) is 0. The molecule has 1 aliphatic rings. The van der Waals surface area contributed by atoms with Crippen LogP contribution < -0.4 is 5.32 Å². The molecular formula is C11H13NO5. The van der Waals surface area contributed by atoms with Gasteiger partial charge < -0.3 is 19.6 Å². The third-order valence-corrected chi connectivity index (χ3v) is 2.61. The van der Waals surface area contributed by atoms with E-state index in [1.54, 1.807) is 0 Å². The molecule has 2 heterocycles. The number of hydrogen-bond donors (Lipinski definition) is 2. The summed E-state index contributed by atoms with van der Waals surface area (Å²) in [5, 5.41) is 11.3. The van der Waals surface area contributed by atoms with Crippen molar-refractivity contribution in [3.8, 4) is 0 Å². The highest BCUT2D eigenvalue weighted by Gasteiger charge is 2.23. The number of hydrogen-bond acceptors (Lipinski definition) is 4. The van der Waals surface area contributed by atoms with Gasteiger partial charge in [0.1, 0.15) is 5.76 Å². The zero-order valence-corrected chi connectivity index (χ0v) is 9.14. The first-order valence-electron chi connectivity index (χ1n) is 5.34. The Kier molecular flexibility index (Phi) is 3.43. The molecule has 0 saturated carbocycles. The summed E-state index contributed by atoms with van der Waals surface area (Å²) >= 11 is 0. The number of furan rings is 1. The minimum atomic E-state index is -1.12. The summed E-state index contributed by atoms with van der Waals surface area (Å²) in [5.74, 6) is -1.01. The van der Waals surface area contributed by atoms with Gasteiger partial charge in [0.2, 0.25) is 11.7 Å². The maximum atomic E-state index is 11.6. The highest BCUT2D eigenvalue weighted by molar-refractivity contribution is 5.84. The van der Waals surface area contributed by atoms with Crippen molar-refractivity contribution in [2.24, 2.45) is 5.92 Å². The van der Waals surface area contributed by atoms with Gasteiger partial charge in [0.05, 0.1) is 19.1 Å². The lowest BCUT2D eigenvalue weighted by atomic mass is 10.1. The molecule has 6 nitrogen and oxygen atoms in total. The van der Waals surface area contributed by atoms with Crippen LogP contribution in [0.25, 0.3) is 0 Å². The molecule has 1 aliphatic heterocycles. The highest BCUT2D eigenvalue weighted by atomic mass is 16.5. The van der Waals surface area contributed by atoms with E-state index in [9.17, 15) is 9.59 Å². The van der Waals surface area contributed by atoms with Crippen molar-refractivity contribution in [1.82, 2.24) is 5.32 Å². The summed E-state index contributed by atoms with van der Waals surface area (Å²) in [6, 6.07) is 2.90. The van der Waals surface area contributed by atoms with Crippen molar-refractivity contribution >= 4 is 11.9 Å². The molecule has 1 saturated heterocycles. The molecule has 0 aromatic carbocycles. The molecular weight excluding hydrogens is 226 g/mol. The van der Waals surface area contributed by atoms with E-state index in [1.165, 1.54) is 12.1 Å². The topological polar surface area (TPSA) is 88.8 Å². The van der Waals surface area contributed by atoms with Crippen LogP contribution in [0.5, 0.6) is 0 Å². The number of carbonyl (C=O) groups excluding carboxylic acids is 1. The van der Waals surface area contributed by atoms with Crippen LogP contribution in [0, 0.1) is 5.92 Å². The van der Waals surface area contributed by atoms with Crippen LogP contribution in [0.2, 0.25) is 0 Å². The van der Waals surface area contributed by atoms with Crippen molar-refractivity contribution < 1.29 is 23.8 Å². The summed E-state index contributed by atoms with van der Waals surface area (Å²) in [6.45, 7) is 1.26. The molecule has 0 aliphatic carbocycles. The Balaban J connectivity index is 1.84. The lowest BCUT2D eigenvalue weighted by Crippen LogP contribution is -2.30. The normalized spacial score (nSPS) is 19.2. The third kappa shape index (κ3) is 2.85. The molecule has 1 amide bonds. The van der Waals surface area contributed by atoms with Gasteiger partial charge in [-0.15, -0.1) is 0 Å². The number of amides is 1. The maximum Gasteiger partial charge on any atom is 0.371 e. The molecule has 92 valence electrons. The Morgan fingerprint density at radius 2 is 2.29 bits per heavy atom. The van der Waals surface area contributed by atoms with Crippen molar-refractivity contribution in [2.75, 3.05) is 13.2 Å². The standard InChI is InChI=1S/C11H13NO5/c13-10(7-3-4-16-6-7)12-5-8-1-2-9(17-8)11(14)15/h1-2,7H,3-6H2,(H,12,13)(H,14,15)/t7-/m1/s1. The van der Waals surface area contributed by atoms with Gasteiger partial charge in [0.25, 0.3) is 0 Å². The smallest absolute Gasteiger partial charge is 0.371 e. The monoisotopic (exact) mass is 239 g/mol. The summed E-state index contributed by atoms with van der Waals surface area (Å²) in [6.07, 6.45) is 0.727. The number of ether oxygens (including phenoxy) is 1. The second-order valence-corrected chi connectivity index (χ2v) is 3.85. The van der Waals surface area contributed by atoms with Gasteiger partial charge in [-0.05, 0) is 18.6 Å². The molecule has 0 bridgehead atoms. The molecule has 0 radical (unpaired) electrons. The average Bonchev–Trinajstić information content (AvgIpc) is 2.97. The molecule has 17 heavy (non-hydrogen) atoms. The minimum Gasteiger partial charge on any atom is -0.475 e. The second-order valence-electron chi connectivity index (χ2n) is 3.85. The number of carbonyl (C=O) groups is 2. The number of carboxylic acids is 1. The quantitative estimate of drug-likeness (QED) is 0.804. The first-order valence-corrected chi connectivity index (χ1v) is 5.34. The number of rotatable bonds is 4. The Bertz CT molecular complexity index is 419.